The Balaban J connectivity index is 2.17. The van der Waals surface area contributed by atoms with Gasteiger partial charge in [-0.3, -0.25) is 9.59 Å². The normalized spacial score (nSPS) is 11.0. The number of ether oxygens (including phenoxy) is 1. The maximum atomic E-state index is 12.7. The van der Waals surface area contributed by atoms with Crippen molar-refractivity contribution < 1.29 is 14.3 Å². The van der Waals surface area contributed by atoms with Crippen LogP contribution >= 0.6 is 23.2 Å². The van der Waals surface area contributed by atoms with Crippen LogP contribution in [-0.4, -0.2) is 18.9 Å². The van der Waals surface area contributed by atoms with E-state index in [0.29, 0.717) is 27.2 Å². The fraction of sp³-hybridized carbons (Fsp3) is 0.263. The summed E-state index contributed by atoms with van der Waals surface area (Å²) in [6, 6.07) is 10.0. The second-order valence-corrected chi connectivity index (χ2v) is 7.19. The predicted octanol–water partition coefficient (Wildman–Crippen LogP) is 4.91. The second kappa shape index (κ2) is 7.98. The molecule has 0 aromatic heterocycles. The molecule has 0 saturated heterocycles. The van der Waals surface area contributed by atoms with Crippen molar-refractivity contribution in [3.8, 4) is 5.75 Å². The number of carbonyl (C=O) groups is 2. The third-order valence-electron chi connectivity index (χ3n) is 3.97. The minimum atomic E-state index is -1.34. The number of anilines is 2. The lowest BCUT2D eigenvalue weighted by molar-refractivity contribution is -0.135. The zero-order valence-electron chi connectivity index (χ0n) is 14.9. The van der Waals surface area contributed by atoms with Gasteiger partial charge in [0, 0.05) is 15.7 Å². The van der Waals surface area contributed by atoms with Gasteiger partial charge in [-0.05, 0) is 56.7 Å². The molecular weight excluding hydrogens is 375 g/mol. The summed E-state index contributed by atoms with van der Waals surface area (Å²) in [6.07, 6.45) is 0. The zero-order valence-corrected chi connectivity index (χ0v) is 16.5. The monoisotopic (exact) mass is 394 g/mol. The maximum Gasteiger partial charge on any atom is 0.239 e. The van der Waals surface area contributed by atoms with E-state index in [1.807, 2.05) is 6.92 Å². The third kappa shape index (κ3) is 4.48. The molecule has 5 nitrogen and oxygen atoms in total. The number of halogens is 2. The van der Waals surface area contributed by atoms with E-state index in [2.05, 4.69) is 10.6 Å². The molecule has 0 saturated carbocycles. The highest BCUT2D eigenvalue weighted by atomic mass is 35.5. The largest absolute Gasteiger partial charge is 0.495 e. The molecule has 0 fully saturated rings. The standard InChI is InChI=1S/C19H20Cl2N2O3/c1-11-5-7-13(10-14(11)21)22-17(24)19(2,3)18(25)23-15-9-12(20)6-8-16(15)26-4/h5-10H,1-4H3,(H,22,24)(H,23,25). The number of rotatable bonds is 5. The van der Waals surface area contributed by atoms with Gasteiger partial charge in [-0.2, -0.15) is 0 Å². The molecule has 0 aliphatic heterocycles. The second-order valence-electron chi connectivity index (χ2n) is 6.34. The number of aryl methyl sites for hydroxylation is 1. The van der Waals surface area contributed by atoms with Crippen LogP contribution in [0.15, 0.2) is 36.4 Å². The van der Waals surface area contributed by atoms with Gasteiger partial charge in [0.2, 0.25) is 11.8 Å². The van der Waals surface area contributed by atoms with Crippen LogP contribution in [0, 0.1) is 12.3 Å². The van der Waals surface area contributed by atoms with Crippen LogP contribution in [0.3, 0.4) is 0 Å². The lowest BCUT2D eigenvalue weighted by Crippen LogP contribution is -2.41. The summed E-state index contributed by atoms with van der Waals surface area (Å²) in [6.45, 7) is 4.93. The fourth-order valence-corrected chi connectivity index (χ4v) is 2.47. The molecule has 0 unspecified atom stereocenters. The van der Waals surface area contributed by atoms with Crippen molar-refractivity contribution in [1.82, 2.24) is 0 Å². The van der Waals surface area contributed by atoms with Crippen LogP contribution in [-0.2, 0) is 9.59 Å². The molecule has 0 bridgehead atoms. The third-order valence-corrected chi connectivity index (χ3v) is 4.62. The van der Waals surface area contributed by atoms with Crippen molar-refractivity contribution in [3.05, 3.63) is 52.0 Å². The Morgan fingerprint density at radius 2 is 1.65 bits per heavy atom. The summed E-state index contributed by atoms with van der Waals surface area (Å²) >= 11 is 12.0. The predicted molar refractivity (Wildman–Crippen MR) is 105 cm³/mol. The Morgan fingerprint density at radius 3 is 2.27 bits per heavy atom. The van der Waals surface area contributed by atoms with Crippen LogP contribution in [0.1, 0.15) is 19.4 Å². The fourth-order valence-electron chi connectivity index (χ4n) is 2.12. The van der Waals surface area contributed by atoms with Crippen LogP contribution in [0.25, 0.3) is 0 Å². The van der Waals surface area contributed by atoms with Crippen molar-refractivity contribution in [2.75, 3.05) is 17.7 Å². The van der Waals surface area contributed by atoms with Crippen molar-refractivity contribution in [2.24, 2.45) is 5.41 Å². The van der Waals surface area contributed by atoms with Crippen molar-refractivity contribution in [3.63, 3.8) is 0 Å². The number of methoxy groups -OCH3 is 1. The molecule has 0 aliphatic rings. The molecule has 2 aromatic rings. The lowest BCUT2D eigenvalue weighted by atomic mass is 9.90. The smallest absolute Gasteiger partial charge is 0.239 e. The van der Waals surface area contributed by atoms with E-state index < -0.39 is 17.2 Å². The Morgan fingerprint density at radius 1 is 1.00 bits per heavy atom. The molecule has 0 spiro atoms. The molecule has 0 atom stereocenters. The van der Waals surface area contributed by atoms with Crippen LogP contribution in [0.4, 0.5) is 11.4 Å². The summed E-state index contributed by atoms with van der Waals surface area (Å²) in [7, 11) is 1.48. The van der Waals surface area contributed by atoms with Gasteiger partial charge >= 0.3 is 0 Å². The first kappa shape index (κ1) is 20.1. The van der Waals surface area contributed by atoms with Gasteiger partial charge in [0.25, 0.3) is 0 Å². The summed E-state index contributed by atoms with van der Waals surface area (Å²) in [4.78, 5) is 25.3. The van der Waals surface area contributed by atoms with E-state index in [1.54, 1.807) is 36.4 Å². The molecule has 7 heteroatoms. The van der Waals surface area contributed by atoms with Gasteiger partial charge in [0.05, 0.1) is 12.8 Å². The van der Waals surface area contributed by atoms with Gasteiger partial charge in [-0.25, -0.2) is 0 Å². The quantitative estimate of drug-likeness (QED) is 0.707. The van der Waals surface area contributed by atoms with Gasteiger partial charge in [-0.1, -0.05) is 29.3 Å². The molecule has 0 heterocycles. The van der Waals surface area contributed by atoms with Crippen molar-refractivity contribution in [2.45, 2.75) is 20.8 Å². The van der Waals surface area contributed by atoms with E-state index in [1.165, 1.54) is 21.0 Å². The molecule has 2 aromatic carbocycles. The van der Waals surface area contributed by atoms with Crippen LogP contribution in [0.5, 0.6) is 5.75 Å². The van der Waals surface area contributed by atoms with Crippen LogP contribution in [0.2, 0.25) is 10.0 Å². The average Bonchev–Trinajstić information content (AvgIpc) is 2.58. The van der Waals surface area contributed by atoms with Gasteiger partial charge in [-0.15, -0.1) is 0 Å². The van der Waals surface area contributed by atoms with E-state index in [0.717, 1.165) is 5.56 Å². The number of hydrogen-bond donors (Lipinski definition) is 2. The van der Waals surface area contributed by atoms with Gasteiger partial charge < -0.3 is 15.4 Å². The first-order valence-corrected chi connectivity index (χ1v) is 8.63. The molecule has 0 radical (unpaired) electrons. The Bertz CT molecular complexity index is 851. The lowest BCUT2D eigenvalue weighted by Gasteiger charge is -2.23. The Hall–Kier alpha value is -2.24. The molecule has 2 amide bonds. The highest BCUT2D eigenvalue weighted by Crippen LogP contribution is 2.30. The minimum absolute atomic E-state index is 0.393. The highest BCUT2D eigenvalue weighted by molar-refractivity contribution is 6.32. The molecule has 26 heavy (non-hydrogen) atoms. The number of carbonyl (C=O) groups excluding carboxylic acids is 2. The number of hydrogen-bond acceptors (Lipinski definition) is 3. The van der Waals surface area contributed by atoms with Crippen molar-refractivity contribution in [1.29, 1.82) is 0 Å². The minimum Gasteiger partial charge on any atom is -0.495 e. The number of nitrogens with one attached hydrogen (secondary N) is 2. The number of amides is 2. The highest BCUT2D eigenvalue weighted by Gasteiger charge is 2.36. The van der Waals surface area contributed by atoms with Gasteiger partial charge in [0.1, 0.15) is 11.2 Å². The van der Waals surface area contributed by atoms with E-state index in [4.69, 9.17) is 27.9 Å². The maximum absolute atomic E-state index is 12.7. The summed E-state index contributed by atoms with van der Waals surface area (Å²) < 4.78 is 5.21. The first-order valence-electron chi connectivity index (χ1n) is 7.87. The summed E-state index contributed by atoms with van der Waals surface area (Å²) in [5, 5.41) is 6.39. The first-order chi connectivity index (χ1) is 12.1. The molecule has 138 valence electrons. The van der Waals surface area contributed by atoms with E-state index in [-0.39, 0.29) is 0 Å². The molecule has 0 aliphatic carbocycles. The number of benzene rings is 2. The zero-order chi connectivity index (χ0) is 19.5. The Labute approximate surface area is 162 Å². The van der Waals surface area contributed by atoms with Gasteiger partial charge in [0.15, 0.2) is 0 Å². The summed E-state index contributed by atoms with van der Waals surface area (Å²) in [5.41, 5.74) is 0.468. The Kier molecular flexibility index (Phi) is 6.16. The average molecular weight is 395 g/mol. The van der Waals surface area contributed by atoms with E-state index >= 15 is 0 Å². The molecule has 2 rings (SSSR count). The van der Waals surface area contributed by atoms with E-state index in [9.17, 15) is 9.59 Å². The topological polar surface area (TPSA) is 67.4 Å². The van der Waals surface area contributed by atoms with Crippen LogP contribution < -0.4 is 15.4 Å². The van der Waals surface area contributed by atoms with Crippen molar-refractivity contribution >= 4 is 46.4 Å². The molecular formula is C19H20Cl2N2O3. The summed E-state index contributed by atoms with van der Waals surface area (Å²) in [5.74, 6) is -0.506. The SMILES string of the molecule is COc1ccc(Cl)cc1NC(=O)C(C)(C)C(=O)Nc1ccc(C)c(Cl)c1. The molecule has 2 N–H and O–H groups in total.